The molecule has 0 fully saturated rings. The van der Waals surface area contributed by atoms with E-state index in [0.29, 0.717) is 23.7 Å². The number of carbonyl (C=O) groups is 2. The fraction of sp³-hybridized carbons (Fsp3) is 0.787. The molecule has 10 heteroatoms. The summed E-state index contributed by atoms with van der Waals surface area (Å²) in [6.07, 6.45) is 38.2. The van der Waals surface area contributed by atoms with Gasteiger partial charge in [0.25, 0.3) is 7.82 Å². The second-order valence-electron chi connectivity index (χ2n) is 15.9. The lowest BCUT2D eigenvalue weighted by molar-refractivity contribution is -0.870. The van der Waals surface area contributed by atoms with Crippen LogP contribution in [0.25, 0.3) is 0 Å². The minimum absolute atomic E-state index is 0.194. The van der Waals surface area contributed by atoms with Crippen LogP contribution >= 0.6 is 7.82 Å². The molecule has 0 saturated heterocycles. The molecule has 2 atom stereocenters. The van der Waals surface area contributed by atoms with E-state index in [4.69, 9.17) is 20.9 Å². The van der Waals surface area contributed by atoms with Gasteiger partial charge in [0.15, 0.2) is 6.08 Å². The Morgan fingerprint density at radius 1 is 0.596 bits per heavy atom. The molecule has 57 heavy (non-hydrogen) atoms. The molecule has 0 aromatic rings. The average Bonchev–Trinajstić information content (AvgIpc) is 3.17. The van der Waals surface area contributed by atoms with Gasteiger partial charge in [0.2, 0.25) is 0 Å². The fourth-order valence-corrected chi connectivity index (χ4v) is 6.22. The Labute approximate surface area is 357 Å². The minimum atomic E-state index is -5.52. The Morgan fingerprint density at radius 2 is 1.00 bits per heavy atom. The summed E-state index contributed by atoms with van der Waals surface area (Å²) < 4.78 is 74.9. The summed E-state index contributed by atoms with van der Waals surface area (Å²) in [6, 6.07) is 0. The van der Waals surface area contributed by atoms with Gasteiger partial charge in [-0.15, -0.1) is 0 Å². The third kappa shape index (κ3) is 43.4. The topological polar surface area (TPSA) is 111 Å². The molecule has 0 saturated carbocycles. The number of hydrogen-bond acceptors (Lipinski definition) is 8. The van der Waals surface area contributed by atoms with Crippen molar-refractivity contribution in [1.29, 1.82) is 0 Å². The lowest BCUT2D eigenvalue weighted by atomic mass is 10.0. The van der Waals surface area contributed by atoms with Gasteiger partial charge in [0.05, 0.1) is 34.6 Å². The van der Waals surface area contributed by atoms with E-state index in [1.54, 1.807) is 21.1 Å². The molecule has 9 nitrogen and oxygen atoms in total. The zero-order valence-electron chi connectivity index (χ0n) is 41.8. The molecule has 0 rings (SSSR count). The lowest BCUT2D eigenvalue weighted by Gasteiger charge is -2.28. The van der Waals surface area contributed by atoms with Crippen LogP contribution in [0, 0.1) is 0 Å². The zero-order valence-corrected chi connectivity index (χ0v) is 37.7. The maximum atomic E-state index is 13.0. The third-order valence-electron chi connectivity index (χ3n) is 9.18. The molecule has 0 heterocycles. The Morgan fingerprint density at radius 3 is 1.49 bits per heavy atom. The van der Waals surface area contributed by atoms with Crippen LogP contribution in [-0.4, -0.2) is 69.9 Å². The number of phosphoric acid groups is 1. The predicted molar refractivity (Wildman–Crippen MR) is 236 cm³/mol. The SMILES string of the molecule is [2H]C([2H])(OC(=O)CCCCCCCCCCCCCCCC)[C@@]([2H])(OC(=O)CCCCC/C=C\C/C=C\C/C=C\C/C=C\CCCCC)C([2H])([2H])OP(=O)([O-])OCC[N+](C)(C)C. The van der Waals surface area contributed by atoms with Crippen molar-refractivity contribution in [2.75, 3.05) is 47.4 Å². The summed E-state index contributed by atoms with van der Waals surface area (Å²) in [5.74, 6) is -2.26. The first kappa shape index (κ1) is 46.0. The van der Waals surface area contributed by atoms with E-state index in [-0.39, 0.29) is 25.8 Å². The molecule has 332 valence electrons. The molecular formula is C47H86NO8P. The molecule has 0 aromatic carbocycles. The van der Waals surface area contributed by atoms with Crippen LogP contribution in [0.2, 0.25) is 0 Å². The Balaban J connectivity index is 5.08. The van der Waals surface area contributed by atoms with Crippen molar-refractivity contribution in [3.8, 4) is 0 Å². The van der Waals surface area contributed by atoms with Crippen LogP contribution in [0.15, 0.2) is 48.6 Å². The summed E-state index contributed by atoms with van der Waals surface area (Å²) >= 11 is 0. The summed E-state index contributed by atoms with van der Waals surface area (Å²) in [7, 11) is -0.179. The first-order chi connectivity index (χ1) is 29.3. The van der Waals surface area contributed by atoms with E-state index >= 15 is 0 Å². The highest BCUT2D eigenvalue weighted by Gasteiger charge is 2.21. The van der Waals surface area contributed by atoms with Gasteiger partial charge in [-0.3, -0.25) is 14.2 Å². The van der Waals surface area contributed by atoms with Gasteiger partial charge in [-0.25, -0.2) is 0 Å². The van der Waals surface area contributed by atoms with Crippen LogP contribution in [0.3, 0.4) is 0 Å². The number of likely N-dealkylation sites (N-methyl/N-ethyl adjacent to an activating group) is 1. The molecule has 0 bridgehead atoms. The first-order valence-corrected chi connectivity index (χ1v) is 23.8. The van der Waals surface area contributed by atoms with E-state index < -0.39 is 45.6 Å². The van der Waals surface area contributed by atoms with Crippen LogP contribution in [0.5, 0.6) is 0 Å². The van der Waals surface area contributed by atoms with Gasteiger partial charge < -0.3 is 27.9 Å². The molecule has 0 spiro atoms. The Hall–Kier alpha value is -2.03. The van der Waals surface area contributed by atoms with Crippen LogP contribution in [0.1, 0.15) is 194 Å². The van der Waals surface area contributed by atoms with E-state index in [1.807, 2.05) is 6.08 Å². The summed E-state index contributed by atoms with van der Waals surface area (Å²) in [5, 5.41) is 0. The summed E-state index contributed by atoms with van der Waals surface area (Å²) in [6.45, 7) is -3.29. The van der Waals surface area contributed by atoms with E-state index in [9.17, 15) is 19.0 Å². The van der Waals surface area contributed by atoms with Crippen molar-refractivity contribution in [2.24, 2.45) is 0 Å². The number of phosphoric ester groups is 1. The molecule has 0 aliphatic heterocycles. The highest BCUT2D eigenvalue weighted by atomic mass is 31.2. The number of allylic oxidation sites excluding steroid dienone is 8. The molecule has 0 aliphatic carbocycles. The highest BCUT2D eigenvalue weighted by Crippen LogP contribution is 2.38. The predicted octanol–water partition coefficient (Wildman–Crippen LogP) is 12.4. The van der Waals surface area contributed by atoms with Crippen molar-refractivity contribution in [3.63, 3.8) is 0 Å². The second kappa shape index (κ2) is 39.4. The normalized spacial score (nSPS) is 16.4. The largest absolute Gasteiger partial charge is 0.756 e. The van der Waals surface area contributed by atoms with Crippen molar-refractivity contribution in [2.45, 2.75) is 193 Å². The van der Waals surface area contributed by atoms with Gasteiger partial charge in [0.1, 0.15) is 19.7 Å². The lowest BCUT2D eigenvalue weighted by Crippen LogP contribution is -2.37. The van der Waals surface area contributed by atoms with Crippen molar-refractivity contribution < 1.29 is 48.9 Å². The monoisotopic (exact) mass is 829 g/mol. The molecule has 0 radical (unpaired) electrons. The zero-order chi connectivity index (χ0) is 46.6. The van der Waals surface area contributed by atoms with Gasteiger partial charge in [0, 0.05) is 12.8 Å². The van der Waals surface area contributed by atoms with E-state index in [0.717, 1.165) is 64.2 Å². The number of esters is 2. The van der Waals surface area contributed by atoms with Crippen molar-refractivity contribution in [3.05, 3.63) is 48.6 Å². The summed E-state index contributed by atoms with van der Waals surface area (Å²) in [5.41, 5.74) is 0. The minimum Gasteiger partial charge on any atom is -0.756 e. The standard InChI is InChI=1S/C47H86NO8P/c1-6-8-10-12-14-16-18-20-22-23-24-25-26-28-30-32-34-36-38-40-47(50)56-45(44-55-57(51,52)54-42-41-48(3,4)5)43-53-46(49)39-37-35-33-31-29-27-21-19-17-15-13-11-9-7-2/h14,16,20,22,24-25,28,30,45H,6-13,15,17-19,21,23,26-27,29,31-44H2,1-5H3/b16-14-,22-20-,25-24-,30-28-/t45-/m1/s1/i43D2,44D2,45D. The van der Waals surface area contributed by atoms with Gasteiger partial charge >= 0.3 is 11.9 Å². The fourth-order valence-electron chi connectivity index (χ4n) is 5.66. The van der Waals surface area contributed by atoms with Crippen molar-refractivity contribution in [1.82, 2.24) is 0 Å². The van der Waals surface area contributed by atoms with Crippen LogP contribution in [0.4, 0.5) is 0 Å². The first-order valence-electron chi connectivity index (χ1n) is 24.8. The van der Waals surface area contributed by atoms with Gasteiger partial charge in [-0.2, -0.15) is 0 Å². The number of nitrogens with zero attached hydrogens (tertiary/aromatic N) is 1. The van der Waals surface area contributed by atoms with Crippen LogP contribution in [-0.2, 0) is 32.7 Å². The maximum absolute atomic E-state index is 13.0. The molecule has 0 aromatic heterocycles. The number of quaternary nitrogens is 1. The molecule has 0 N–H and O–H groups in total. The number of rotatable bonds is 41. The number of carbonyl (C=O) groups excluding carboxylic acids is 2. The average molecular weight is 829 g/mol. The number of ether oxygens (including phenoxy) is 2. The third-order valence-corrected chi connectivity index (χ3v) is 9.99. The second-order valence-corrected chi connectivity index (χ2v) is 17.2. The van der Waals surface area contributed by atoms with Crippen molar-refractivity contribution >= 4 is 19.8 Å². The van der Waals surface area contributed by atoms with Crippen LogP contribution < -0.4 is 4.89 Å². The molecule has 0 amide bonds. The molecular weight excluding hydrogens is 737 g/mol. The smallest absolute Gasteiger partial charge is 0.306 e. The summed E-state index contributed by atoms with van der Waals surface area (Å²) in [4.78, 5) is 38.5. The molecule has 0 aliphatic rings. The quantitative estimate of drug-likeness (QED) is 0.0197. The van der Waals surface area contributed by atoms with E-state index in [2.05, 4.69) is 60.9 Å². The Kier molecular flexibility index (Phi) is 31.9. The van der Waals surface area contributed by atoms with Gasteiger partial charge in [-0.1, -0.05) is 165 Å². The highest BCUT2D eigenvalue weighted by molar-refractivity contribution is 7.45. The maximum Gasteiger partial charge on any atom is 0.306 e. The van der Waals surface area contributed by atoms with E-state index in [1.165, 1.54) is 70.6 Å². The Bertz CT molecular complexity index is 1340. The number of unbranched alkanes of at least 4 members (excludes halogenated alkanes) is 19. The molecule has 1 unspecified atom stereocenters. The number of hydrogen-bond donors (Lipinski definition) is 0. The van der Waals surface area contributed by atoms with Gasteiger partial charge in [-0.05, 0) is 57.8 Å².